The number of hydrogen-bond acceptors (Lipinski definition) is 7. The zero-order chi connectivity index (χ0) is 16.3. The summed E-state index contributed by atoms with van der Waals surface area (Å²) in [6.45, 7) is 0.413. The normalized spacial score (nSPS) is 29.6. The van der Waals surface area contributed by atoms with Gasteiger partial charge in [0, 0.05) is 19.4 Å². The van der Waals surface area contributed by atoms with E-state index in [0.717, 1.165) is 4.57 Å². The molecule has 5 atom stereocenters. The lowest BCUT2D eigenvalue weighted by Gasteiger charge is -2.21. The number of nitrogens with zero attached hydrogens (tertiary/aromatic N) is 1. The lowest BCUT2D eigenvalue weighted by atomic mass is 10.0. The number of methoxy groups -OCH3 is 1. The van der Waals surface area contributed by atoms with Gasteiger partial charge in [0.25, 0.3) is 5.56 Å². The minimum atomic E-state index is -1.11. The second kappa shape index (κ2) is 7.16. The summed E-state index contributed by atoms with van der Waals surface area (Å²) in [4.78, 5) is 25.1. The van der Waals surface area contributed by atoms with Crippen molar-refractivity contribution in [1.82, 2.24) is 9.55 Å². The molecule has 0 bridgehead atoms. The number of aromatic nitrogens is 2. The molecule has 0 spiro atoms. The Bertz CT molecular complexity index is 600. The Morgan fingerprint density at radius 3 is 2.86 bits per heavy atom. The zero-order valence-corrected chi connectivity index (χ0v) is 12.2. The third-order valence-electron chi connectivity index (χ3n) is 3.73. The van der Waals surface area contributed by atoms with Crippen LogP contribution < -0.4 is 17.0 Å². The van der Waals surface area contributed by atoms with Crippen molar-refractivity contribution in [2.24, 2.45) is 5.73 Å². The van der Waals surface area contributed by atoms with Gasteiger partial charge in [0.15, 0.2) is 6.23 Å². The minimum absolute atomic E-state index is 0.363. The molecule has 1 saturated heterocycles. The quantitative estimate of drug-likeness (QED) is 0.472. The predicted octanol–water partition coefficient (Wildman–Crippen LogP) is -2.09. The highest BCUT2D eigenvalue weighted by atomic mass is 16.6. The van der Waals surface area contributed by atoms with Gasteiger partial charge < -0.3 is 25.4 Å². The molecule has 1 aliphatic heterocycles. The average molecular weight is 315 g/mol. The summed E-state index contributed by atoms with van der Waals surface area (Å²) < 4.78 is 11.9. The van der Waals surface area contributed by atoms with Crippen molar-refractivity contribution in [3.05, 3.63) is 33.1 Å². The van der Waals surface area contributed by atoms with Crippen molar-refractivity contribution in [2.75, 3.05) is 13.7 Å². The van der Waals surface area contributed by atoms with Gasteiger partial charge in [-0.1, -0.05) is 0 Å². The van der Waals surface area contributed by atoms with E-state index in [9.17, 15) is 19.8 Å². The Hall–Kier alpha value is -1.52. The van der Waals surface area contributed by atoms with Crippen LogP contribution in [0, 0.1) is 0 Å². The van der Waals surface area contributed by atoms with Gasteiger partial charge in [-0.3, -0.25) is 14.3 Å². The predicted molar refractivity (Wildman–Crippen MR) is 76.3 cm³/mol. The number of nitrogens with two attached hydrogens (primary N) is 1. The summed E-state index contributed by atoms with van der Waals surface area (Å²) in [6, 6.07) is 1.17. The molecule has 0 amide bonds. The molecular weight excluding hydrogens is 294 g/mol. The van der Waals surface area contributed by atoms with E-state index in [1.807, 2.05) is 0 Å². The van der Waals surface area contributed by atoms with E-state index >= 15 is 0 Å². The first-order valence-corrected chi connectivity index (χ1v) is 7.05. The second-order valence-corrected chi connectivity index (χ2v) is 5.20. The van der Waals surface area contributed by atoms with E-state index in [2.05, 4.69) is 4.98 Å². The number of rotatable bonds is 6. The Morgan fingerprint density at radius 2 is 2.27 bits per heavy atom. The molecule has 2 heterocycles. The molecule has 1 aliphatic rings. The van der Waals surface area contributed by atoms with Crippen molar-refractivity contribution in [1.29, 1.82) is 0 Å². The van der Waals surface area contributed by atoms with E-state index in [1.54, 1.807) is 0 Å². The van der Waals surface area contributed by atoms with E-state index in [-0.39, 0.29) is 0 Å². The van der Waals surface area contributed by atoms with Crippen LogP contribution in [0.1, 0.15) is 19.1 Å². The molecule has 0 aliphatic carbocycles. The maximum absolute atomic E-state index is 11.9. The smallest absolute Gasteiger partial charge is 0.330 e. The number of aliphatic hydroxyl groups is 2. The molecule has 0 aromatic carbocycles. The van der Waals surface area contributed by atoms with Crippen molar-refractivity contribution in [2.45, 2.75) is 43.5 Å². The number of hydrogen-bond donors (Lipinski definition) is 4. The molecule has 1 unspecified atom stereocenters. The van der Waals surface area contributed by atoms with Crippen LogP contribution in [0.25, 0.3) is 0 Å². The molecule has 0 saturated carbocycles. The topological polar surface area (TPSA) is 140 Å². The Kier molecular flexibility index (Phi) is 5.48. The fourth-order valence-corrected chi connectivity index (χ4v) is 2.59. The van der Waals surface area contributed by atoms with Gasteiger partial charge >= 0.3 is 5.69 Å². The molecule has 9 nitrogen and oxygen atoms in total. The van der Waals surface area contributed by atoms with Crippen LogP contribution >= 0.6 is 0 Å². The van der Waals surface area contributed by atoms with Crippen LogP contribution in [0.3, 0.4) is 0 Å². The highest BCUT2D eigenvalue weighted by Gasteiger charge is 2.48. The second-order valence-electron chi connectivity index (χ2n) is 5.20. The highest BCUT2D eigenvalue weighted by Crippen LogP contribution is 2.32. The summed E-state index contributed by atoms with van der Waals surface area (Å²) in [7, 11) is 1.37. The van der Waals surface area contributed by atoms with E-state index < -0.39 is 41.9 Å². The number of aromatic amines is 1. The summed E-state index contributed by atoms with van der Waals surface area (Å²) >= 11 is 0. The first-order valence-electron chi connectivity index (χ1n) is 7.05. The minimum Gasteiger partial charge on any atom is -0.390 e. The molecule has 0 radical (unpaired) electrons. The number of ether oxygens (including phenoxy) is 2. The molecule has 2 rings (SSSR count). The van der Waals surface area contributed by atoms with Crippen LogP contribution in [-0.4, -0.2) is 57.8 Å². The lowest BCUT2D eigenvalue weighted by Crippen LogP contribution is -2.40. The van der Waals surface area contributed by atoms with Crippen LogP contribution in [0.5, 0.6) is 0 Å². The van der Waals surface area contributed by atoms with Gasteiger partial charge in [0.05, 0.1) is 6.10 Å². The molecular formula is C13H21N3O6. The van der Waals surface area contributed by atoms with Crippen LogP contribution in [-0.2, 0) is 9.47 Å². The Morgan fingerprint density at radius 1 is 1.55 bits per heavy atom. The van der Waals surface area contributed by atoms with Crippen LogP contribution in [0.2, 0.25) is 0 Å². The molecule has 1 fully saturated rings. The molecule has 22 heavy (non-hydrogen) atoms. The fraction of sp³-hybridized carbons (Fsp3) is 0.692. The molecule has 9 heteroatoms. The monoisotopic (exact) mass is 315 g/mol. The number of nitrogens with one attached hydrogen (secondary N) is 1. The van der Waals surface area contributed by atoms with Gasteiger partial charge in [0.1, 0.15) is 18.3 Å². The first-order chi connectivity index (χ1) is 10.5. The molecule has 1 aromatic heterocycles. The van der Waals surface area contributed by atoms with Gasteiger partial charge in [0.2, 0.25) is 0 Å². The SMILES string of the molecule is COC1[C@@H](O)[C@@H]([C@@H](O)CCCN)O[C@H]1n1ccc(=O)[nH]c1=O. The Labute approximate surface area is 126 Å². The maximum atomic E-state index is 11.9. The summed E-state index contributed by atoms with van der Waals surface area (Å²) in [6.07, 6.45) is -2.53. The van der Waals surface area contributed by atoms with E-state index in [0.29, 0.717) is 19.4 Å². The van der Waals surface area contributed by atoms with Crippen molar-refractivity contribution in [3.63, 3.8) is 0 Å². The number of aliphatic hydroxyl groups excluding tert-OH is 2. The van der Waals surface area contributed by atoms with E-state index in [4.69, 9.17) is 15.2 Å². The summed E-state index contributed by atoms with van der Waals surface area (Å²) in [5.74, 6) is 0. The fourth-order valence-electron chi connectivity index (χ4n) is 2.59. The van der Waals surface area contributed by atoms with Crippen LogP contribution in [0.4, 0.5) is 0 Å². The maximum Gasteiger partial charge on any atom is 0.330 e. The van der Waals surface area contributed by atoms with E-state index in [1.165, 1.54) is 19.4 Å². The van der Waals surface area contributed by atoms with Crippen molar-refractivity contribution >= 4 is 0 Å². The summed E-state index contributed by atoms with van der Waals surface area (Å²) in [5, 5.41) is 20.4. The van der Waals surface area contributed by atoms with Gasteiger partial charge in [-0.2, -0.15) is 0 Å². The van der Waals surface area contributed by atoms with Crippen molar-refractivity contribution in [3.8, 4) is 0 Å². The largest absolute Gasteiger partial charge is 0.390 e. The summed E-state index contributed by atoms with van der Waals surface area (Å²) in [5.41, 5.74) is 4.19. The molecule has 5 N–H and O–H groups in total. The zero-order valence-electron chi connectivity index (χ0n) is 12.2. The molecule has 124 valence electrons. The third kappa shape index (κ3) is 3.28. The van der Waals surface area contributed by atoms with Crippen LogP contribution in [0.15, 0.2) is 21.9 Å². The van der Waals surface area contributed by atoms with Gasteiger partial charge in [-0.25, -0.2) is 4.79 Å². The van der Waals surface area contributed by atoms with Crippen molar-refractivity contribution < 1.29 is 19.7 Å². The first kappa shape index (κ1) is 16.8. The number of H-pyrrole nitrogens is 1. The lowest BCUT2D eigenvalue weighted by molar-refractivity contribution is -0.0894. The third-order valence-corrected chi connectivity index (χ3v) is 3.73. The van der Waals surface area contributed by atoms with Gasteiger partial charge in [-0.05, 0) is 19.4 Å². The van der Waals surface area contributed by atoms with Gasteiger partial charge in [-0.15, -0.1) is 0 Å². The average Bonchev–Trinajstić information content (AvgIpc) is 2.81. The standard InChI is InChI=1S/C13H21N3O6/c1-21-11-9(19)10(7(17)3-2-5-14)22-12(11)16-6-4-8(18)15-13(16)20/h4,6-7,9-12,17,19H,2-3,5,14H2,1H3,(H,15,18,20)/t7-,9-,10+,11?,12+/m0/s1. The Balaban J connectivity index is 2.25. The highest BCUT2D eigenvalue weighted by molar-refractivity contribution is 4.96. The molecule has 1 aromatic rings.